The van der Waals surface area contributed by atoms with E-state index in [0.29, 0.717) is 18.9 Å². The molecule has 1 aromatic heterocycles. The van der Waals surface area contributed by atoms with Gasteiger partial charge in [-0.05, 0) is 44.5 Å². The molecule has 0 radical (unpaired) electrons. The first kappa shape index (κ1) is 23.8. The van der Waals surface area contributed by atoms with Crippen LogP contribution in [0.15, 0.2) is 47.6 Å². The van der Waals surface area contributed by atoms with Crippen molar-refractivity contribution in [2.75, 3.05) is 44.8 Å². The molecule has 3 N–H and O–H groups in total. The molecule has 1 aromatic carbocycles. The van der Waals surface area contributed by atoms with Gasteiger partial charge in [-0.15, -0.1) is 0 Å². The highest BCUT2D eigenvalue weighted by atomic mass is 32.2. The molecule has 2 aromatic rings. The highest BCUT2D eigenvalue weighted by Crippen LogP contribution is 2.36. The number of benzene rings is 1. The highest BCUT2D eigenvalue weighted by Gasteiger charge is 2.43. The SMILES string of the molecule is CNS(=O)(=O)c1cccc(OC[C@@H](O)CN[C@H]2COC3(CCN(c4ncccn4)CC3)C2)c1. The fourth-order valence-corrected chi connectivity index (χ4v) is 5.06. The number of piperidine rings is 1. The second-order valence-electron chi connectivity index (χ2n) is 8.49. The number of nitrogens with zero attached hydrogens (tertiary/aromatic N) is 3. The van der Waals surface area contributed by atoms with Crippen molar-refractivity contribution in [2.24, 2.45) is 0 Å². The van der Waals surface area contributed by atoms with E-state index in [0.717, 1.165) is 38.3 Å². The second kappa shape index (κ2) is 10.3. The van der Waals surface area contributed by atoms with Gasteiger partial charge in [-0.1, -0.05) is 6.07 Å². The van der Waals surface area contributed by atoms with Gasteiger partial charge in [0.1, 0.15) is 18.5 Å². The first-order chi connectivity index (χ1) is 15.9. The fraction of sp³-hybridized carbons (Fsp3) is 0.545. The zero-order chi connectivity index (χ0) is 23.3. The first-order valence-electron chi connectivity index (χ1n) is 11.1. The Morgan fingerprint density at radius 1 is 1.27 bits per heavy atom. The smallest absolute Gasteiger partial charge is 0.240 e. The number of rotatable bonds is 9. The third-order valence-electron chi connectivity index (χ3n) is 6.19. The molecule has 3 heterocycles. The van der Waals surface area contributed by atoms with Crippen LogP contribution in [0.5, 0.6) is 5.75 Å². The van der Waals surface area contributed by atoms with Gasteiger partial charge in [0.2, 0.25) is 16.0 Å². The fourth-order valence-electron chi connectivity index (χ4n) is 4.30. The van der Waals surface area contributed by atoms with E-state index in [1.807, 2.05) is 6.07 Å². The van der Waals surface area contributed by atoms with Gasteiger partial charge in [0.05, 0.1) is 17.1 Å². The maximum absolute atomic E-state index is 11.9. The number of aromatic nitrogens is 2. The van der Waals surface area contributed by atoms with Gasteiger partial charge in [0.15, 0.2) is 0 Å². The summed E-state index contributed by atoms with van der Waals surface area (Å²) in [5.74, 6) is 1.15. The Morgan fingerprint density at radius 2 is 2.03 bits per heavy atom. The van der Waals surface area contributed by atoms with Crippen LogP contribution in [0.3, 0.4) is 0 Å². The molecule has 2 saturated heterocycles. The van der Waals surface area contributed by atoms with Crippen molar-refractivity contribution in [3.05, 3.63) is 42.7 Å². The van der Waals surface area contributed by atoms with Crippen LogP contribution in [0, 0.1) is 0 Å². The summed E-state index contributed by atoms with van der Waals surface area (Å²) in [4.78, 5) is 11.0. The normalized spacial score (nSPS) is 21.3. The van der Waals surface area contributed by atoms with Crippen LogP contribution in [0.4, 0.5) is 5.95 Å². The largest absolute Gasteiger partial charge is 0.491 e. The van der Waals surface area contributed by atoms with Crippen LogP contribution in [0.25, 0.3) is 0 Å². The summed E-state index contributed by atoms with van der Waals surface area (Å²) in [6.45, 7) is 2.74. The molecule has 0 aliphatic carbocycles. The van der Waals surface area contributed by atoms with Crippen molar-refractivity contribution < 1.29 is 23.0 Å². The van der Waals surface area contributed by atoms with Crippen molar-refractivity contribution in [2.45, 2.75) is 41.9 Å². The van der Waals surface area contributed by atoms with E-state index in [1.165, 1.54) is 19.2 Å². The molecule has 2 aliphatic rings. The summed E-state index contributed by atoms with van der Waals surface area (Å²) in [7, 11) is -2.18. The van der Waals surface area contributed by atoms with Crippen LogP contribution in [-0.4, -0.2) is 81.1 Å². The number of aliphatic hydroxyl groups is 1. The summed E-state index contributed by atoms with van der Waals surface area (Å²) < 4.78 is 37.9. The van der Waals surface area contributed by atoms with E-state index in [9.17, 15) is 13.5 Å². The quantitative estimate of drug-likeness (QED) is 0.474. The van der Waals surface area contributed by atoms with Gasteiger partial charge in [0, 0.05) is 44.1 Å². The zero-order valence-electron chi connectivity index (χ0n) is 18.7. The average molecular weight is 478 g/mol. The molecule has 2 atom stereocenters. The van der Waals surface area contributed by atoms with Gasteiger partial charge in [0.25, 0.3) is 0 Å². The number of nitrogens with one attached hydrogen (secondary N) is 2. The summed E-state index contributed by atoms with van der Waals surface area (Å²) in [6.07, 6.45) is 5.52. The van der Waals surface area contributed by atoms with Crippen molar-refractivity contribution in [1.29, 1.82) is 0 Å². The van der Waals surface area contributed by atoms with Gasteiger partial charge < -0.3 is 24.8 Å². The molecule has 0 bridgehead atoms. The van der Waals surface area contributed by atoms with E-state index in [4.69, 9.17) is 9.47 Å². The molecular weight excluding hydrogens is 446 g/mol. The maximum atomic E-state index is 11.9. The minimum atomic E-state index is -3.54. The van der Waals surface area contributed by atoms with Gasteiger partial charge in [-0.3, -0.25) is 0 Å². The molecule has 33 heavy (non-hydrogen) atoms. The molecule has 11 heteroatoms. The Bertz CT molecular complexity index is 1010. The summed E-state index contributed by atoms with van der Waals surface area (Å²) in [5.41, 5.74) is -0.135. The Kier molecular flexibility index (Phi) is 7.45. The van der Waals surface area contributed by atoms with Crippen molar-refractivity contribution >= 4 is 16.0 Å². The third kappa shape index (κ3) is 5.98. The van der Waals surface area contributed by atoms with Crippen LogP contribution in [-0.2, 0) is 14.8 Å². The maximum Gasteiger partial charge on any atom is 0.240 e. The monoisotopic (exact) mass is 477 g/mol. The molecule has 10 nitrogen and oxygen atoms in total. The molecule has 4 rings (SSSR count). The molecule has 0 unspecified atom stereocenters. The van der Waals surface area contributed by atoms with Crippen LogP contribution >= 0.6 is 0 Å². The Labute approximate surface area is 194 Å². The van der Waals surface area contributed by atoms with Crippen molar-refractivity contribution in [3.63, 3.8) is 0 Å². The van der Waals surface area contributed by atoms with E-state index in [-0.39, 0.29) is 23.1 Å². The topological polar surface area (TPSA) is 126 Å². The Balaban J connectivity index is 1.20. The molecular formula is C22H31N5O5S. The number of anilines is 1. The van der Waals surface area contributed by atoms with E-state index >= 15 is 0 Å². The van der Waals surface area contributed by atoms with E-state index in [2.05, 4.69) is 24.9 Å². The van der Waals surface area contributed by atoms with Crippen LogP contribution < -0.4 is 19.7 Å². The van der Waals surface area contributed by atoms with E-state index < -0.39 is 16.1 Å². The van der Waals surface area contributed by atoms with Gasteiger partial charge in [-0.2, -0.15) is 0 Å². The number of aliphatic hydroxyl groups excluding tert-OH is 1. The van der Waals surface area contributed by atoms with Gasteiger partial charge in [-0.25, -0.2) is 23.1 Å². The lowest BCUT2D eigenvalue weighted by Crippen LogP contribution is -2.45. The molecule has 1 spiro atoms. The lowest BCUT2D eigenvalue weighted by molar-refractivity contribution is -0.0152. The lowest BCUT2D eigenvalue weighted by Gasteiger charge is -2.38. The van der Waals surface area contributed by atoms with Crippen molar-refractivity contribution in [1.82, 2.24) is 20.0 Å². The van der Waals surface area contributed by atoms with Crippen molar-refractivity contribution in [3.8, 4) is 5.75 Å². The highest BCUT2D eigenvalue weighted by molar-refractivity contribution is 7.89. The van der Waals surface area contributed by atoms with E-state index in [1.54, 1.807) is 24.5 Å². The number of hydrogen-bond donors (Lipinski definition) is 3. The zero-order valence-corrected chi connectivity index (χ0v) is 19.5. The predicted octanol–water partition coefficient (Wildman–Crippen LogP) is 0.542. The molecule has 180 valence electrons. The van der Waals surface area contributed by atoms with Gasteiger partial charge >= 0.3 is 0 Å². The van der Waals surface area contributed by atoms with Crippen LogP contribution in [0.1, 0.15) is 19.3 Å². The first-order valence-corrected chi connectivity index (χ1v) is 12.6. The molecule has 0 amide bonds. The Morgan fingerprint density at radius 3 is 2.76 bits per heavy atom. The Hall–Kier alpha value is -2.31. The lowest BCUT2D eigenvalue weighted by atomic mass is 9.87. The second-order valence-corrected chi connectivity index (χ2v) is 10.4. The summed E-state index contributed by atoms with van der Waals surface area (Å²) in [5, 5.41) is 13.7. The minimum absolute atomic E-state index is 0.0564. The molecule has 2 fully saturated rings. The summed E-state index contributed by atoms with van der Waals surface area (Å²) in [6, 6.07) is 8.18. The minimum Gasteiger partial charge on any atom is -0.491 e. The molecule has 0 saturated carbocycles. The third-order valence-corrected chi connectivity index (χ3v) is 7.60. The van der Waals surface area contributed by atoms with Crippen LogP contribution in [0.2, 0.25) is 0 Å². The standard InChI is InChI=1S/C22H31N5O5S/c1-23-33(29,30)20-5-2-4-19(12-20)31-16-18(28)14-26-17-13-22(32-15-17)6-10-27(11-7-22)21-24-8-3-9-25-21/h2-5,8-9,12,17-18,23,26,28H,6-7,10-11,13-16H2,1H3/t17-,18+/m1/s1. The number of sulfonamides is 1. The predicted molar refractivity (Wildman–Crippen MR) is 123 cm³/mol. The summed E-state index contributed by atoms with van der Waals surface area (Å²) >= 11 is 0. The number of ether oxygens (including phenoxy) is 2. The number of hydrogen-bond acceptors (Lipinski definition) is 9. The molecule has 2 aliphatic heterocycles. The average Bonchev–Trinajstić information content (AvgIpc) is 3.25.